The first kappa shape index (κ1) is 86.2. The number of rotatable bonds is 0. The Morgan fingerprint density at radius 3 is 0.896 bits per heavy atom. The van der Waals surface area contributed by atoms with Gasteiger partial charge in [0.05, 0.1) is 5.69 Å². The van der Waals surface area contributed by atoms with Crippen molar-refractivity contribution in [2.75, 3.05) is 6.79 Å². The van der Waals surface area contributed by atoms with E-state index >= 15 is 0 Å². The van der Waals surface area contributed by atoms with Crippen LogP contribution in [-0.2, 0) is 19.3 Å². The van der Waals surface area contributed by atoms with Crippen LogP contribution in [0.3, 0.4) is 0 Å². The summed E-state index contributed by atoms with van der Waals surface area (Å²) in [5.74, 6) is 2.53. The zero-order valence-corrected chi connectivity index (χ0v) is 75.3. The summed E-state index contributed by atoms with van der Waals surface area (Å²) in [7, 11) is 0. The SMILES string of the molecule is C1=Cc2ccccc2C1.C1=Cc2ccccc2CC1.C1=Nc2ccccc2C1.c1ccc2c(c1)-c1ccccc1-2.c1ccc2c(c1)C1c3ccccc3C2c2ccccc21.c1ccc2c(c1)OCO2.c1ccc2c(c1)c1ccccc1c1ccccc21.c1ccc2c(c1)ccc1ccccc12.c1ccc2cc3ccccc3cc2c1.c1ccc2cccc-2cc1.c1ccc2ccccc2c1. The zero-order valence-electron chi connectivity index (χ0n) is 75.3. The highest BCUT2D eigenvalue weighted by atomic mass is 16.7. The minimum atomic E-state index is 0.360. The van der Waals surface area contributed by atoms with Gasteiger partial charge in [-0.2, -0.15) is 0 Å². The summed E-state index contributed by atoms with van der Waals surface area (Å²) in [4.78, 5) is 4.17. The van der Waals surface area contributed by atoms with Crippen LogP contribution in [0.4, 0.5) is 5.69 Å². The van der Waals surface area contributed by atoms with Gasteiger partial charge in [0.15, 0.2) is 11.5 Å². The number of hydrogen-bond donors (Lipinski definition) is 0. The number of allylic oxidation sites excluding steroid dienone is 2. The van der Waals surface area contributed by atoms with Crippen LogP contribution in [0.5, 0.6) is 11.5 Å². The van der Waals surface area contributed by atoms with Crippen molar-refractivity contribution in [1.29, 1.82) is 0 Å². The monoisotopic (exact) mass is 1730 g/mol. The zero-order chi connectivity index (χ0) is 90.5. The molecule has 0 radical (unpaired) electrons. The summed E-state index contributed by atoms with van der Waals surface area (Å²) < 4.78 is 10.2. The number of para-hydroxylation sites is 3. The number of fused-ring (bicyclic) bond motifs is 21. The van der Waals surface area contributed by atoms with E-state index in [1.807, 2.05) is 54.7 Å². The molecule has 0 aromatic heterocycles. The van der Waals surface area contributed by atoms with Crippen molar-refractivity contribution in [3.63, 3.8) is 0 Å². The van der Waals surface area contributed by atoms with Gasteiger partial charge in [-0.05, 0) is 230 Å². The Balaban J connectivity index is 0.0000000930. The minimum Gasteiger partial charge on any atom is -0.454 e. The fraction of sp³-hybridized carbons (Fsp3) is 0.0530. The Hall–Kier alpha value is -16.9. The lowest BCUT2D eigenvalue weighted by Crippen LogP contribution is -2.27. The van der Waals surface area contributed by atoms with E-state index in [0.717, 1.165) is 30.0 Å². The first-order valence-corrected chi connectivity index (χ1v) is 46.8. The van der Waals surface area contributed by atoms with Crippen LogP contribution in [-0.4, -0.2) is 13.0 Å². The molecule has 0 saturated heterocycles. The molecule has 0 atom stereocenters. The molecule has 0 fully saturated rings. The normalized spacial score (nSPS) is 13.2. The first-order valence-electron chi connectivity index (χ1n) is 46.8. The van der Waals surface area contributed by atoms with Crippen molar-refractivity contribution in [1.82, 2.24) is 0 Å². The van der Waals surface area contributed by atoms with E-state index in [4.69, 9.17) is 9.47 Å². The van der Waals surface area contributed by atoms with E-state index in [1.165, 1.54) is 194 Å². The van der Waals surface area contributed by atoms with Crippen molar-refractivity contribution < 1.29 is 9.47 Å². The molecule has 0 N–H and O–H groups in total. The molecule has 2 heterocycles. The summed E-state index contributed by atoms with van der Waals surface area (Å²) in [6, 6.07) is 179. The molecule has 0 unspecified atom stereocenters. The number of aryl methyl sites for hydroxylation is 1. The third kappa shape index (κ3) is 19.7. The first-order chi connectivity index (χ1) is 67.0. The van der Waals surface area contributed by atoms with Gasteiger partial charge >= 0.3 is 0 Å². The second kappa shape index (κ2) is 41.9. The van der Waals surface area contributed by atoms with Crippen LogP contribution in [0.2, 0.25) is 0 Å². The molecule has 21 aromatic rings. The largest absolute Gasteiger partial charge is 0.454 e. The molecule has 0 saturated carbocycles. The second-order valence-electron chi connectivity index (χ2n) is 34.2. The molecule has 135 heavy (non-hydrogen) atoms. The second-order valence-corrected chi connectivity index (χ2v) is 34.2. The predicted octanol–water partition coefficient (Wildman–Crippen LogP) is 35.0. The third-order valence-corrected chi connectivity index (χ3v) is 26.0. The van der Waals surface area contributed by atoms with Crippen molar-refractivity contribution in [2.24, 2.45) is 4.99 Å². The molecule has 21 aromatic carbocycles. The molecule has 10 aliphatic rings. The Kier molecular flexibility index (Phi) is 26.8. The summed E-state index contributed by atoms with van der Waals surface area (Å²) in [5.41, 5.74) is 25.4. The van der Waals surface area contributed by atoms with Crippen molar-refractivity contribution in [3.05, 3.63) is 583 Å². The predicted molar refractivity (Wildman–Crippen MR) is 575 cm³/mol. The van der Waals surface area contributed by atoms with E-state index in [0.29, 0.717) is 18.6 Å². The molecular weight excluding hydrogens is 1630 g/mol. The Labute approximate surface area is 791 Å². The summed E-state index contributed by atoms with van der Waals surface area (Å²) in [6.45, 7) is 0.360. The molecule has 3 heteroatoms. The Morgan fingerprint density at radius 1 is 0.207 bits per heavy atom. The van der Waals surface area contributed by atoms with Crippen molar-refractivity contribution >= 4 is 110 Å². The molecule has 31 rings (SSSR count). The summed E-state index contributed by atoms with van der Waals surface area (Å²) in [6.07, 6.45) is 15.3. The molecule has 2 bridgehead atoms. The van der Waals surface area contributed by atoms with E-state index in [-0.39, 0.29) is 0 Å². The highest BCUT2D eigenvalue weighted by Crippen LogP contribution is 2.56. The lowest BCUT2D eigenvalue weighted by molar-refractivity contribution is 0.174. The fourth-order valence-corrected chi connectivity index (χ4v) is 19.4. The standard InChI is InChI=1S/C20H14.C18H12.2C14H10.C12H8.C10H10.2C10H8.C9H8.C8H7N.C7H6O2/c1-2-8-14-13(7-1)19-15-9-3-5-11-17(15)20(14)18-12-6-4-10-16(18)19;1-2-8-14-13(7-1)15-9-3-4-11-17(15)18-12-6-5-10-16(14)18;1-3-7-13-11(5-1)9-10-12-6-2-4-8-14(12)13;1-2-6-12-10-14-8-4-3-7-13(14)9-11(12)5-1;1-2-6-10-9(5-1)11-7-3-4-8-12(10)11;2*1-2-6-10-8-4-3-7-9(10)5-1;1-2-5-9-7-4-8-10(9)6-3-1;1-2-5-9-7-3-6-8(9)4-1;1-2-4-8-7(3-1)5-6-9-8;1-2-4-7-6(3-1)8-5-9-7/h1-12,19-20H;1-12H;2*1-10H;1-8H;1-3,5-7H,4,8H2;2*1-8H;1-6H,7H2;1-4,6H,5H2;1-4H,5H2. The number of hydrogen-bond acceptors (Lipinski definition) is 3. The van der Waals surface area contributed by atoms with Crippen LogP contribution in [0.1, 0.15) is 79.5 Å². The number of ether oxygens (including phenoxy) is 2. The van der Waals surface area contributed by atoms with Crippen LogP contribution >= 0.6 is 0 Å². The van der Waals surface area contributed by atoms with E-state index < -0.39 is 0 Å². The highest BCUT2D eigenvalue weighted by molar-refractivity contribution is 6.25. The van der Waals surface area contributed by atoms with Gasteiger partial charge < -0.3 is 9.47 Å². The third-order valence-electron chi connectivity index (χ3n) is 26.0. The van der Waals surface area contributed by atoms with E-state index in [1.54, 1.807) is 0 Å². The van der Waals surface area contributed by atoms with E-state index in [2.05, 4.69) is 490 Å². The average molecular weight is 1730 g/mol. The van der Waals surface area contributed by atoms with Crippen LogP contribution in [0.15, 0.2) is 527 Å². The molecule has 8 aliphatic carbocycles. The maximum absolute atomic E-state index is 5.08. The smallest absolute Gasteiger partial charge is 0.231 e. The number of benzene rings is 21. The fourth-order valence-electron chi connectivity index (χ4n) is 19.4. The lowest BCUT2D eigenvalue weighted by atomic mass is 9.61. The maximum Gasteiger partial charge on any atom is 0.231 e. The van der Waals surface area contributed by atoms with Gasteiger partial charge in [0.2, 0.25) is 6.79 Å². The minimum absolute atomic E-state index is 0.360. The van der Waals surface area contributed by atoms with Crippen molar-refractivity contribution in [3.8, 4) is 44.9 Å². The molecule has 0 spiro atoms. The Bertz CT molecular complexity index is 7290. The number of nitrogens with zero attached hydrogens (tertiary/aromatic N) is 1. The van der Waals surface area contributed by atoms with Crippen LogP contribution in [0.25, 0.3) is 132 Å². The molecule has 3 nitrogen and oxygen atoms in total. The van der Waals surface area contributed by atoms with E-state index in [9.17, 15) is 0 Å². The van der Waals surface area contributed by atoms with Gasteiger partial charge in [-0.3, -0.25) is 4.99 Å². The van der Waals surface area contributed by atoms with Gasteiger partial charge in [-0.1, -0.05) is 504 Å². The average Bonchev–Trinajstić information content (AvgIpc) is 1.00. The van der Waals surface area contributed by atoms with Gasteiger partial charge in [-0.25, -0.2) is 0 Å². The van der Waals surface area contributed by atoms with Crippen molar-refractivity contribution in [2.45, 2.75) is 37.5 Å². The molecule has 646 valence electrons. The van der Waals surface area contributed by atoms with Crippen LogP contribution in [0, 0.1) is 0 Å². The topological polar surface area (TPSA) is 30.8 Å². The summed E-state index contributed by atoms with van der Waals surface area (Å²) >= 11 is 0. The van der Waals surface area contributed by atoms with Crippen LogP contribution < -0.4 is 9.47 Å². The Morgan fingerprint density at radius 2 is 0.504 bits per heavy atom. The molecular formula is C132H101NO2. The molecule has 2 aliphatic heterocycles. The summed E-state index contributed by atoms with van der Waals surface area (Å²) in [5, 5.41) is 21.2. The van der Waals surface area contributed by atoms with Gasteiger partial charge in [0.25, 0.3) is 0 Å². The van der Waals surface area contributed by atoms with Gasteiger partial charge in [-0.15, -0.1) is 0 Å². The van der Waals surface area contributed by atoms with Gasteiger partial charge in [0.1, 0.15) is 0 Å². The van der Waals surface area contributed by atoms with Gasteiger partial charge in [0, 0.05) is 24.5 Å². The quantitative estimate of drug-likeness (QED) is 0.112. The maximum atomic E-state index is 5.08. The lowest BCUT2D eigenvalue weighted by Gasteiger charge is -2.42. The number of aliphatic imine (C=N–C) groups is 1. The molecule has 0 amide bonds. The highest BCUT2D eigenvalue weighted by Gasteiger charge is 2.40.